The zero-order valence-corrected chi connectivity index (χ0v) is 47.7. The lowest BCUT2D eigenvalue weighted by molar-refractivity contribution is -0.167. The fourth-order valence-corrected chi connectivity index (χ4v) is 8.86. The summed E-state index contributed by atoms with van der Waals surface area (Å²) < 4.78 is 16.9. The third-order valence-corrected chi connectivity index (χ3v) is 13.6. The molecule has 0 aliphatic rings. The molecule has 0 aliphatic carbocycles. The van der Waals surface area contributed by atoms with Gasteiger partial charge in [0.2, 0.25) is 0 Å². The SMILES string of the molecule is CCCCC\C=C/C=C\C=C/C=C\CCCCCCCC(=O)OCC(COC(=O)CCCCCCCCCCCCCCCCCCCC)OC(=O)CCCCCCC/C=C\C=C/CCCCCCCCC. The zero-order chi connectivity index (χ0) is 52.2. The first-order valence-corrected chi connectivity index (χ1v) is 31.0. The van der Waals surface area contributed by atoms with Gasteiger partial charge in [-0.3, -0.25) is 14.4 Å². The molecule has 1 unspecified atom stereocenters. The van der Waals surface area contributed by atoms with Crippen LogP contribution in [-0.2, 0) is 28.6 Å². The molecule has 0 fully saturated rings. The van der Waals surface area contributed by atoms with Gasteiger partial charge in [-0.05, 0) is 70.6 Å². The number of ether oxygens (including phenoxy) is 3. The van der Waals surface area contributed by atoms with Crippen molar-refractivity contribution in [2.45, 2.75) is 316 Å². The molecule has 6 nitrogen and oxygen atoms in total. The molecule has 1 atom stereocenters. The Morgan fingerprint density at radius 1 is 0.278 bits per heavy atom. The number of carbonyl (C=O) groups is 3. The van der Waals surface area contributed by atoms with Gasteiger partial charge in [0.25, 0.3) is 0 Å². The van der Waals surface area contributed by atoms with Crippen LogP contribution in [0, 0.1) is 0 Å². The summed E-state index contributed by atoms with van der Waals surface area (Å²) in [6, 6.07) is 0. The monoisotopic (exact) mass is 1000 g/mol. The zero-order valence-electron chi connectivity index (χ0n) is 47.7. The van der Waals surface area contributed by atoms with Crippen LogP contribution in [0.15, 0.2) is 72.9 Å². The van der Waals surface area contributed by atoms with Gasteiger partial charge in [0.1, 0.15) is 13.2 Å². The van der Waals surface area contributed by atoms with E-state index in [9.17, 15) is 14.4 Å². The highest BCUT2D eigenvalue weighted by atomic mass is 16.6. The standard InChI is InChI=1S/C66H116O6/c1-4-7-10-13-16-19-22-25-28-31-34-37-40-43-46-49-52-55-58-64(67)70-61-63(72-66(69)60-57-54-51-48-45-42-39-36-33-30-27-24-21-18-15-12-9-6-3)62-71-65(68)59-56-53-50-47-44-41-38-35-32-29-26-23-20-17-14-11-8-5-2/h16,19,22,25,28,30-31,33-34,36-37,39,63H,4-15,17-18,20-21,23-24,26-27,29,32,35,38,40-62H2,1-3H3/b19-16-,25-22-,31-28-,33-30-,37-34-,39-36-. The van der Waals surface area contributed by atoms with E-state index in [-0.39, 0.29) is 31.1 Å². The van der Waals surface area contributed by atoms with E-state index >= 15 is 0 Å². The molecule has 0 radical (unpaired) electrons. The molecule has 0 bridgehead atoms. The molecule has 0 aromatic rings. The summed E-state index contributed by atoms with van der Waals surface area (Å²) in [5, 5.41) is 0. The molecule has 0 aromatic carbocycles. The molecule has 0 saturated heterocycles. The minimum Gasteiger partial charge on any atom is -0.462 e. The van der Waals surface area contributed by atoms with Gasteiger partial charge in [-0.25, -0.2) is 0 Å². The Morgan fingerprint density at radius 3 is 0.819 bits per heavy atom. The second kappa shape index (κ2) is 60.4. The fourth-order valence-electron chi connectivity index (χ4n) is 8.86. The second-order valence-electron chi connectivity index (χ2n) is 20.7. The summed E-state index contributed by atoms with van der Waals surface area (Å²) in [4.78, 5) is 38.3. The van der Waals surface area contributed by atoms with Crippen LogP contribution in [0.5, 0.6) is 0 Å². The van der Waals surface area contributed by atoms with Crippen molar-refractivity contribution in [3.8, 4) is 0 Å². The molecule has 72 heavy (non-hydrogen) atoms. The van der Waals surface area contributed by atoms with Crippen LogP contribution in [-0.4, -0.2) is 37.2 Å². The highest BCUT2D eigenvalue weighted by Gasteiger charge is 2.19. The topological polar surface area (TPSA) is 78.9 Å². The third-order valence-electron chi connectivity index (χ3n) is 13.6. The van der Waals surface area contributed by atoms with Crippen molar-refractivity contribution in [2.75, 3.05) is 13.2 Å². The first-order valence-electron chi connectivity index (χ1n) is 31.0. The number of esters is 3. The predicted molar refractivity (Wildman–Crippen MR) is 311 cm³/mol. The number of rotatable bonds is 56. The summed E-state index contributed by atoms with van der Waals surface area (Å²) in [6.07, 6.45) is 77.5. The van der Waals surface area contributed by atoms with Crippen molar-refractivity contribution >= 4 is 17.9 Å². The molecule has 0 aliphatic heterocycles. The molecule has 0 saturated carbocycles. The van der Waals surface area contributed by atoms with Crippen LogP contribution in [0.3, 0.4) is 0 Å². The second-order valence-corrected chi connectivity index (χ2v) is 20.7. The lowest BCUT2D eigenvalue weighted by atomic mass is 10.0. The molecular weight excluding hydrogens is 889 g/mol. The Hall–Kier alpha value is -3.15. The summed E-state index contributed by atoms with van der Waals surface area (Å²) >= 11 is 0. The first kappa shape index (κ1) is 68.8. The van der Waals surface area contributed by atoms with E-state index in [1.165, 1.54) is 167 Å². The van der Waals surface area contributed by atoms with E-state index in [2.05, 4.69) is 93.7 Å². The van der Waals surface area contributed by atoms with Gasteiger partial charge in [-0.15, -0.1) is 0 Å². The van der Waals surface area contributed by atoms with Gasteiger partial charge in [-0.2, -0.15) is 0 Å². The van der Waals surface area contributed by atoms with Crippen molar-refractivity contribution in [1.82, 2.24) is 0 Å². The Kier molecular flexibility index (Phi) is 57.8. The van der Waals surface area contributed by atoms with Gasteiger partial charge in [0.05, 0.1) is 0 Å². The van der Waals surface area contributed by atoms with Crippen molar-refractivity contribution < 1.29 is 28.6 Å². The minimum atomic E-state index is -0.793. The average Bonchev–Trinajstić information content (AvgIpc) is 3.38. The van der Waals surface area contributed by atoms with Crippen LogP contribution < -0.4 is 0 Å². The Labute approximate surface area is 446 Å². The molecule has 0 aromatic heterocycles. The van der Waals surface area contributed by atoms with Gasteiger partial charge >= 0.3 is 17.9 Å². The summed E-state index contributed by atoms with van der Waals surface area (Å²) in [6.45, 7) is 6.60. The van der Waals surface area contributed by atoms with Crippen molar-refractivity contribution in [1.29, 1.82) is 0 Å². The Bertz CT molecular complexity index is 1340. The number of hydrogen-bond acceptors (Lipinski definition) is 6. The largest absolute Gasteiger partial charge is 0.462 e. The maximum absolute atomic E-state index is 12.9. The molecule has 6 heteroatoms. The van der Waals surface area contributed by atoms with E-state index in [0.29, 0.717) is 19.3 Å². The quantitative estimate of drug-likeness (QED) is 0.0261. The molecule has 0 heterocycles. The lowest BCUT2D eigenvalue weighted by Crippen LogP contribution is -2.30. The highest BCUT2D eigenvalue weighted by Crippen LogP contribution is 2.16. The maximum Gasteiger partial charge on any atom is 0.306 e. The van der Waals surface area contributed by atoms with E-state index in [1.54, 1.807) is 0 Å². The Morgan fingerprint density at radius 2 is 0.500 bits per heavy atom. The molecule has 0 spiro atoms. The first-order chi connectivity index (χ1) is 35.5. The summed E-state index contributed by atoms with van der Waals surface area (Å²) in [7, 11) is 0. The normalized spacial score (nSPS) is 12.5. The van der Waals surface area contributed by atoms with Crippen LogP contribution >= 0.6 is 0 Å². The number of allylic oxidation sites excluding steroid dienone is 12. The van der Waals surface area contributed by atoms with Crippen molar-refractivity contribution in [2.24, 2.45) is 0 Å². The van der Waals surface area contributed by atoms with E-state index in [4.69, 9.17) is 14.2 Å². The van der Waals surface area contributed by atoms with E-state index in [1.807, 2.05) is 0 Å². The van der Waals surface area contributed by atoms with Gasteiger partial charge in [-0.1, -0.05) is 293 Å². The van der Waals surface area contributed by atoms with E-state index < -0.39 is 6.10 Å². The lowest BCUT2D eigenvalue weighted by Gasteiger charge is -2.18. The minimum absolute atomic E-state index is 0.0871. The third kappa shape index (κ3) is 57.7. The number of hydrogen-bond donors (Lipinski definition) is 0. The average molecular weight is 1010 g/mol. The van der Waals surface area contributed by atoms with Crippen molar-refractivity contribution in [3.05, 3.63) is 72.9 Å². The van der Waals surface area contributed by atoms with Gasteiger partial charge in [0.15, 0.2) is 6.10 Å². The van der Waals surface area contributed by atoms with Crippen molar-refractivity contribution in [3.63, 3.8) is 0 Å². The van der Waals surface area contributed by atoms with Crippen LogP contribution in [0.1, 0.15) is 310 Å². The van der Waals surface area contributed by atoms with Crippen LogP contribution in [0.4, 0.5) is 0 Å². The smallest absolute Gasteiger partial charge is 0.306 e. The number of carbonyl (C=O) groups excluding carboxylic acids is 3. The predicted octanol–water partition coefficient (Wildman–Crippen LogP) is 20.9. The van der Waals surface area contributed by atoms with Crippen LogP contribution in [0.2, 0.25) is 0 Å². The summed E-state index contributed by atoms with van der Waals surface area (Å²) in [5.41, 5.74) is 0. The maximum atomic E-state index is 12.9. The Balaban J connectivity index is 4.44. The summed E-state index contributed by atoms with van der Waals surface area (Å²) in [5.74, 6) is -0.912. The van der Waals surface area contributed by atoms with Gasteiger partial charge < -0.3 is 14.2 Å². The number of unbranched alkanes of at least 4 members (excludes halogenated alkanes) is 37. The molecule has 0 amide bonds. The highest BCUT2D eigenvalue weighted by molar-refractivity contribution is 5.71. The molecule has 0 rings (SSSR count). The van der Waals surface area contributed by atoms with Crippen LogP contribution in [0.25, 0.3) is 0 Å². The van der Waals surface area contributed by atoms with Gasteiger partial charge in [0, 0.05) is 19.3 Å². The molecule has 416 valence electrons. The molecule has 0 N–H and O–H groups in total. The fraction of sp³-hybridized carbons (Fsp3) is 0.773. The van der Waals surface area contributed by atoms with E-state index in [0.717, 1.165) is 103 Å². The molecular formula is C66H116O6.